The van der Waals surface area contributed by atoms with Gasteiger partial charge in [-0.15, -0.1) is 0 Å². The molecule has 1 rings (SSSR count). The van der Waals surface area contributed by atoms with Crippen molar-refractivity contribution in [3.05, 3.63) is 55.8 Å². The summed E-state index contributed by atoms with van der Waals surface area (Å²) in [5.74, 6) is -0.707. The average Bonchev–Trinajstić information content (AvgIpc) is 2.25. The fourth-order valence-electron chi connectivity index (χ4n) is 1.17. The summed E-state index contributed by atoms with van der Waals surface area (Å²) in [4.78, 5) is 30.6. The average molecular weight is 236 g/mol. The highest BCUT2D eigenvalue weighted by Crippen LogP contribution is 2.16. The van der Waals surface area contributed by atoms with Crippen LogP contribution in [0.15, 0.2) is 30.0 Å². The predicted octanol–water partition coefficient (Wildman–Crippen LogP) is 1.80. The maximum Gasteiger partial charge on any atom is 0.312 e. The molecule has 0 bridgehead atoms. The first-order chi connectivity index (χ1) is 7.91. The molecule has 7 nitrogen and oxygen atoms in total. The number of hydrogen-bond donors (Lipinski definition) is 0. The number of carbonyl (C=O) groups is 1. The first-order valence-corrected chi connectivity index (χ1v) is 4.53. The fourth-order valence-corrected chi connectivity index (χ4v) is 1.17. The maximum atomic E-state index is 11.0. The van der Waals surface area contributed by atoms with Crippen LogP contribution in [0.3, 0.4) is 0 Å². The van der Waals surface area contributed by atoms with Crippen LogP contribution in [-0.4, -0.2) is 15.6 Å². The Bertz CT molecular complexity index is 505. The number of carbonyl (C=O) groups excluding carboxylic acids is 1. The van der Waals surface area contributed by atoms with Gasteiger partial charge in [0.05, 0.1) is 9.85 Å². The van der Waals surface area contributed by atoms with E-state index in [-0.39, 0.29) is 11.3 Å². The van der Waals surface area contributed by atoms with E-state index in [0.717, 1.165) is 19.1 Å². The van der Waals surface area contributed by atoms with Crippen molar-refractivity contribution in [2.24, 2.45) is 0 Å². The summed E-state index contributed by atoms with van der Waals surface area (Å²) < 4.78 is 0. The summed E-state index contributed by atoms with van der Waals surface area (Å²) in [7, 11) is 0. The molecule has 0 atom stereocenters. The third-order valence-corrected chi connectivity index (χ3v) is 1.94. The Morgan fingerprint density at radius 3 is 2.41 bits per heavy atom. The second-order valence-corrected chi connectivity index (χ2v) is 3.19. The SMILES string of the molecule is CC(=O)C(=Cc1cccc([N+](=O)[O-])c1)[N+](=O)[O-]. The van der Waals surface area contributed by atoms with Gasteiger partial charge in [-0.05, 0) is 5.56 Å². The molecule has 0 spiro atoms. The van der Waals surface area contributed by atoms with Gasteiger partial charge in [-0.2, -0.15) is 0 Å². The maximum absolute atomic E-state index is 11.0. The van der Waals surface area contributed by atoms with E-state index in [1.54, 1.807) is 0 Å². The largest absolute Gasteiger partial charge is 0.312 e. The quantitative estimate of drug-likeness (QED) is 0.450. The zero-order valence-corrected chi connectivity index (χ0v) is 8.82. The molecule has 0 aliphatic carbocycles. The zero-order chi connectivity index (χ0) is 13.0. The number of Topliss-reactive ketones (excluding diaryl/α,β-unsaturated/α-hetero) is 1. The molecule has 7 heteroatoms. The Morgan fingerprint density at radius 2 is 1.94 bits per heavy atom. The summed E-state index contributed by atoms with van der Waals surface area (Å²) >= 11 is 0. The smallest absolute Gasteiger partial charge is 0.288 e. The van der Waals surface area contributed by atoms with E-state index in [4.69, 9.17) is 0 Å². The summed E-state index contributed by atoms with van der Waals surface area (Å²) in [5, 5.41) is 21.0. The van der Waals surface area contributed by atoms with Crippen LogP contribution in [-0.2, 0) is 4.79 Å². The zero-order valence-electron chi connectivity index (χ0n) is 8.82. The van der Waals surface area contributed by atoms with E-state index < -0.39 is 21.3 Å². The van der Waals surface area contributed by atoms with Crippen molar-refractivity contribution in [2.45, 2.75) is 6.92 Å². The van der Waals surface area contributed by atoms with Crippen LogP contribution in [0.5, 0.6) is 0 Å². The molecule has 0 radical (unpaired) electrons. The third kappa shape index (κ3) is 3.20. The van der Waals surface area contributed by atoms with Gasteiger partial charge in [-0.25, -0.2) is 0 Å². The van der Waals surface area contributed by atoms with Gasteiger partial charge in [0.2, 0.25) is 5.78 Å². The predicted molar refractivity (Wildman–Crippen MR) is 58.7 cm³/mol. The standard InChI is InChI=1S/C10H8N2O5/c1-7(13)10(12(16)17)6-8-3-2-4-9(5-8)11(14)15/h2-6H,1H3. The van der Waals surface area contributed by atoms with Crippen LogP contribution >= 0.6 is 0 Å². The van der Waals surface area contributed by atoms with Crippen molar-refractivity contribution in [3.63, 3.8) is 0 Å². The fraction of sp³-hybridized carbons (Fsp3) is 0.100. The van der Waals surface area contributed by atoms with E-state index in [1.165, 1.54) is 18.2 Å². The molecule has 0 fully saturated rings. The van der Waals surface area contributed by atoms with Crippen molar-refractivity contribution in [1.29, 1.82) is 0 Å². The lowest BCUT2D eigenvalue weighted by molar-refractivity contribution is -0.417. The molecule has 0 unspecified atom stereocenters. The molecule has 17 heavy (non-hydrogen) atoms. The van der Waals surface area contributed by atoms with Gasteiger partial charge in [0.15, 0.2) is 0 Å². The number of allylic oxidation sites excluding steroid dienone is 1. The second kappa shape index (κ2) is 4.97. The van der Waals surface area contributed by atoms with E-state index in [2.05, 4.69) is 0 Å². The number of hydrogen-bond acceptors (Lipinski definition) is 5. The minimum absolute atomic E-state index is 0.190. The van der Waals surface area contributed by atoms with Crippen LogP contribution in [0, 0.1) is 20.2 Å². The van der Waals surface area contributed by atoms with Crippen LogP contribution in [0.2, 0.25) is 0 Å². The van der Waals surface area contributed by atoms with Crippen molar-refractivity contribution in [2.75, 3.05) is 0 Å². The van der Waals surface area contributed by atoms with Crippen LogP contribution < -0.4 is 0 Å². The molecule has 0 aromatic heterocycles. The molecule has 0 aliphatic heterocycles. The molecule has 0 saturated carbocycles. The van der Waals surface area contributed by atoms with E-state index >= 15 is 0 Å². The van der Waals surface area contributed by atoms with Gasteiger partial charge in [-0.3, -0.25) is 25.0 Å². The molecule has 88 valence electrons. The van der Waals surface area contributed by atoms with Gasteiger partial charge in [-0.1, -0.05) is 12.1 Å². The highest BCUT2D eigenvalue weighted by molar-refractivity contribution is 5.95. The van der Waals surface area contributed by atoms with Crippen LogP contribution in [0.4, 0.5) is 5.69 Å². The summed E-state index contributed by atoms with van der Waals surface area (Å²) in [6.45, 7) is 1.06. The number of nitrogens with zero attached hydrogens (tertiary/aromatic N) is 2. The lowest BCUT2D eigenvalue weighted by Gasteiger charge is -1.95. The number of nitro benzene ring substituents is 1. The number of nitro groups is 2. The first kappa shape index (κ1) is 12.5. The number of benzene rings is 1. The van der Waals surface area contributed by atoms with Gasteiger partial charge in [0, 0.05) is 25.1 Å². The minimum atomic E-state index is -0.818. The van der Waals surface area contributed by atoms with E-state index in [9.17, 15) is 25.0 Å². The monoisotopic (exact) mass is 236 g/mol. The van der Waals surface area contributed by atoms with Crippen LogP contribution in [0.25, 0.3) is 6.08 Å². The molecule has 1 aromatic carbocycles. The van der Waals surface area contributed by atoms with Crippen molar-refractivity contribution < 1.29 is 14.6 Å². The Labute approximate surface area is 95.7 Å². The lowest BCUT2D eigenvalue weighted by atomic mass is 10.1. The number of non-ortho nitro benzene ring substituents is 1. The Balaban J connectivity index is 3.20. The lowest BCUT2D eigenvalue weighted by Crippen LogP contribution is -2.07. The van der Waals surface area contributed by atoms with Gasteiger partial charge in [0.25, 0.3) is 5.69 Å². The first-order valence-electron chi connectivity index (χ1n) is 4.53. The summed E-state index contributed by atoms with van der Waals surface area (Å²) in [6.07, 6.45) is 1.01. The molecule has 0 aliphatic rings. The second-order valence-electron chi connectivity index (χ2n) is 3.19. The van der Waals surface area contributed by atoms with Gasteiger partial charge < -0.3 is 0 Å². The molecular formula is C10H8N2O5. The highest BCUT2D eigenvalue weighted by atomic mass is 16.6. The topological polar surface area (TPSA) is 103 Å². The summed E-state index contributed by atoms with van der Waals surface area (Å²) in [6, 6.07) is 5.25. The van der Waals surface area contributed by atoms with Crippen LogP contribution in [0.1, 0.15) is 12.5 Å². The molecule has 0 saturated heterocycles. The highest BCUT2D eigenvalue weighted by Gasteiger charge is 2.17. The normalized spacial score (nSPS) is 11.0. The van der Waals surface area contributed by atoms with Crippen molar-refractivity contribution in [1.82, 2.24) is 0 Å². The minimum Gasteiger partial charge on any atom is -0.288 e. The van der Waals surface area contributed by atoms with Gasteiger partial charge >= 0.3 is 5.70 Å². The third-order valence-electron chi connectivity index (χ3n) is 1.94. The molecular weight excluding hydrogens is 228 g/mol. The van der Waals surface area contributed by atoms with Crippen molar-refractivity contribution >= 4 is 17.5 Å². The Hall–Kier alpha value is -2.57. The number of rotatable bonds is 4. The van der Waals surface area contributed by atoms with E-state index in [0.29, 0.717) is 0 Å². The Morgan fingerprint density at radius 1 is 1.29 bits per heavy atom. The van der Waals surface area contributed by atoms with Gasteiger partial charge in [0.1, 0.15) is 0 Å². The van der Waals surface area contributed by atoms with E-state index in [1.807, 2.05) is 0 Å². The molecule has 0 heterocycles. The van der Waals surface area contributed by atoms with Crippen molar-refractivity contribution in [3.8, 4) is 0 Å². The number of ketones is 1. The Kier molecular flexibility index (Phi) is 3.66. The molecule has 0 N–H and O–H groups in total. The molecule has 0 amide bonds. The summed E-state index contributed by atoms with van der Waals surface area (Å²) in [5.41, 5.74) is -0.559. The molecule has 1 aromatic rings.